The van der Waals surface area contributed by atoms with E-state index >= 15 is 0 Å². The maximum atomic E-state index is 12.9. The molecule has 15 heavy (non-hydrogen) atoms. The second-order valence-electron chi connectivity index (χ2n) is 3.62. The first-order valence-electron chi connectivity index (χ1n) is 4.61. The molecule has 0 aliphatic carbocycles. The minimum absolute atomic E-state index is 0.0613. The van der Waals surface area contributed by atoms with E-state index in [1.165, 1.54) is 25.1 Å². The van der Waals surface area contributed by atoms with Crippen LogP contribution in [0.5, 0.6) is 0 Å². The van der Waals surface area contributed by atoms with E-state index in [2.05, 4.69) is 0 Å². The predicted molar refractivity (Wildman–Crippen MR) is 53.1 cm³/mol. The fourth-order valence-corrected chi connectivity index (χ4v) is 1.43. The number of aliphatic hydroxyl groups excluding tert-OH is 1. The molecule has 0 aliphatic heterocycles. The molecule has 0 bridgehead atoms. The zero-order valence-electron chi connectivity index (χ0n) is 8.40. The minimum Gasteiger partial charge on any atom is -0.481 e. The fourth-order valence-electron chi connectivity index (χ4n) is 1.43. The summed E-state index contributed by atoms with van der Waals surface area (Å²) >= 11 is 0. The molecule has 0 saturated heterocycles. The van der Waals surface area contributed by atoms with Crippen LogP contribution >= 0.6 is 0 Å². The molecule has 0 saturated carbocycles. The van der Waals surface area contributed by atoms with Crippen molar-refractivity contribution in [3.05, 3.63) is 35.6 Å². The Morgan fingerprint density at radius 1 is 1.53 bits per heavy atom. The lowest BCUT2D eigenvalue weighted by atomic mass is 9.80. The van der Waals surface area contributed by atoms with Crippen molar-refractivity contribution in [2.45, 2.75) is 18.8 Å². The Balaban J connectivity index is 3.15. The van der Waals surface area contributed by atoms with Crippen LogP contribution in [0.15, 0.2) is 24.3 Å². The highest BCUT2D eigenvalue weighted by molar-refractivity contribution is 5.80. The molecule has 0 radical (unpaired) electrons. The number of halogens is 1. The van der Waals surface area contributed by atoms with Gasteiger partial charge in [-0.15, -0.1) is 0 Å². The standard InChI is InChI=1S/C11H13FO3/c1-11(5-6-13,10(14)15)8-3-2-4-9(12)7-8/h2-4,7,13H,5-6H2,1H3,(H,14,15). The van der Waals surface area contributed by atoms with E-state index in [1.807, 2.05) is 0 Å². The second kappa shape index (κ2) is 4.40. The van der Waals surface area contributed by atoms with Gasteiger partial charge in [-0.2, -0.15) is 0 Å². The van der Waals surface area contributed by atoms with Gasteiger partial charge in [0, 0.05) is 6.61 Å². The molecule has 1 unspecified atom stereocenters. The van der Waals surface area contributed by atoms with Gasteiger partial charge in [-0.05, 0) is 31.0 Å². The van der Waals surface area contributed by atoms with Gasteiger partial charge in [-0.3, -0.25) is 4.79 Å². The first-order chi connectivity index (χ1) is 7.00. The Labute approximate surface area is 87.2 Å². The van der Waals surface area contributed by atoms with Crippen LogP contribution in [0.2, 0.25) is 0 Å². The van der Waals surface area contributed by atoms with E-state index in [0.717, 1.165) is 0 Å². The van der Waals surface area contributed by atoms with Crippen LogP contribution in [-0.4, -0.2) is 22.8 Å². The Morgan fingerprint density at radius 3 is 2.67 bits per heavy atom. The van der Waals surface area contributed by atoms with Gasteiger partial charge in [0.2, 0.25) is 0 Å². The molecule has 1 aromatic carbocycles. The molecule has 1 atom stereocenters. The molecule has 1 aromatic rings. The number of hydrogen-bond donors (Lipinski definition) is 2. The third-order valence-electron chi connectivity index (χ3n) is 2.55. The molecule has 4 heteroatoms. The van der Waals surface area contributed by atoms with Crippen LogP contribution in [0, 0.1) is 5.82 Å². The topological polar surface area (TPSA) is 57.5 Å². The summed E-state index contributed by atoms with van der Waals surface area (Å²) in [6.07, 6.45) is 0.0613. The third-order valence-corrected chi connectivity index (χ3v) is 2.55. The largest absolute Gasteiger partial charge is 0.481 e. The summed E-state index contributed by atoms with van der Waals surface area (Å²) in [6.45, 7) is 1.22. The van der Waals surface area contributed by atoms with Gasteiger partial charge in [-0.25, -0.2) is 4.39 Å². The van der Waals surface area contributed by atoms with Crippen molar-refractivity contribution in [2.24, 2.45) is 0 Å². The van der Waals surface area contributed by atoms with E-state index in [1.54, 1.807) is 6.07 Å². The van der Waals surface area contributed by atoms with Gasteiger partial charge >= 0.3 is 5.97 Å². The molecule has 0 amide bonds. The number of carboxylic acids is 1. The SMILES string of the molecule is CC(CCO)(C(=O)O)c1cccc(F)c1. The molecule has 2 N–H and O–H groups in total. The lowest BCUT2D eigenvalue weighted by Gasteiger charge is -2.24. The zero-order valence-corrected chi connectivity index (χ0v) is 8.40. The van der Waals surface area contributed by atoms with Gasteiger partial charge in [0.05, 0.1) is 5.41 Å². The molecule has 0 heterocycles. The van der Waals surface area contributed by atoms with Crippen LogP contribution in [0.1, 0.15) is 18.9 Å². The van der Waals surface area contributed by atoms with Crippen LogP contribution in [-0.2, 0) is 10.2 Å². The van der Waals surface area contributed by atoms with Gasteiger partial charge in [-0.1, -0.05) is 12.1 Å². The number of aliphatic hydroxyl groups is 1. The van der Waals surface area contributed by atoms with Crippen molar-refractivity contribution in [2.75, 3.05) is 6.61 Å². The zero-order chi connectivity index (χ0) is 11.5. The number of benzene rings is 1. The van der Waals surface area contributed by atoms with Crippen LogP contribution in [0.25, 0.3) is 0 Å². The van der Waals surface area contributed by atoms with E-state index in [9.17, 15) is 9.18 Å². The van der Waals surface area contributed by atoms with Gasteiger partial charge in [0.15, 0.2) is 0 Å². The summed E-state index contributed by atoms with van der Waals surface area (Å²) in [4.78, 5) is 11.1. The average Bonchev–Trinajstić information content (AvgIpc) is 2.17. The van der Waals surface area contributed by atoms with E-state index in [0.29, 0.717) is 5.56 Å². The quantitative estimate of drug-likeness (QED) is 0.796. The lowest BCUT2D eigenvalue weighted by Crippen LogP contribution is -2.33. The normalized spacial score (nSPS) is 14.6. The van der Waals surface area contributed by atoms with Crippen molar-refractivity contribution in [1.29, 1.82) is 0 Å². The van der Waals surface area contributed by atoms with Crippen LogP contribution in [0.4, 0.5) is 4.39 Å². The Bertz CT molecular complexity index is 365. The van der Waals surface area contributed by atoms with Crippen molar-refractivity contribution in [3.63, 3.8) is 0 Å². The molecular weight excluding hydrogens is 199 g/mol. The summed E-state index contributed by atoms with van der Waals surface area (Å²) in [6, 6.07) is 5.45. The molecule has 0 aromatic heterocycles. The molecule has 3 nitrogen and oxygen atoms in total. The van der Waals surface area contributed by atoms with E-state index in [4.69, 9.17) is 10.2 Å². The number of rotatable bonds is 4. The number of aliphatic carboxylic acids is 1. The Kier molecular flexibility index (Phi) is 3.42. The molecule has 1 rings (SSSR count). The molecule has 0 fully saturated rings. The first-order valence-corrected chi connectivity index (χ1v) is 4.61. The van der Waals surface area contributed by atoms with Crippen molar-refractivity contribution >= 4 is 5.97 Å². The number of hydrogen-bond acceptors (Lipinski definition) is 2. The van der Waals surface area contributed by atoms with Crippen LogP contribution < -0.4 is 0 Å². The summed E-state index contributed by atoms with van der Waals surface area (Å²) in [5.74, 6) is -1.54. The fraction of sp³-hybridized carbons (Fsp3) is 0.364. The molecule has 82 valence electrons. The highest BCUT2D eigenvalue weighted by Crippen LogP contribution is 2.28. The van der Waals surface area contributed by atoms with Crippen molar-refractivity contribution < 1.29 is 19.4 Å². The summed E-state index contributed by atoms with van der Waals surface area (Å²) < 4.78 is 12.9. The monoisotopic (exact) mass is 212 g/mol. The average molecular weight is 212 g/mol. The highest BCUT2D eigenvalue weighted by Gasteiger charge is 2.34. The maximum absolute atomic E-state index is 12.9. The van der Waals surface area contributed by atoms with Gasteiger partial charge in [0.1, 0.15) is 5.82 Å². The Hall–Kier alpha value is -1.42. The van der Waals surface area contributed by atoms with E-state index < -0.39 is 17.2 Å². The molecule has 0 spiro atoms. The van der Waals surface area contributed by atoms with Crippen molar-refractivity contribution in [3.8, 4) is 0 Å². The second-order valence-corrected chi connectivity index (χ2v) is 3.62. The van der Waals surface area contributed by atoms with Crippen LogP contribution in [0.3, 0.4) is 0 Å². The molecular formula is C11H13FO3. The summed E-state index contributed by atoms with van der Waals surface area (Å²) in [5, 5.41) is 17.9. The van der Waals surface area contributed by atoms with Gasteiger partial charge in [0.25, 0.3) is 0 Å². The first kappa shape index (κ1) is 11.7. The smallest absolute Gasteiger partial charge is 0.313 e. The number of carbonyl (C=O) groups is 1. The Morgan fingerprint density at radius 2 is 2.20 bits per heavy atom. The lowest BCUT2D eigenvalue weighted by molar-refractivity contribution is -0.143. The highest BCUT2D eigenvalue weighted by atomic mass is 19.1. The molecule has 0 aliphatic rings. The third kappa shape index (κ3) is 2.33. The maximum Gasteiger partial charge on any atom is 0.313 e. The minimum atomic E-state index is -1.24. The summed E-state index contributed by atoms with van der Waals surface area (Å²) in [7, 11) is 0. The van der Waals surface area contributed by atoms with E-state index in [-0.39, 0.29) is 13.0 Å². The van der Waals surface area contributed by atoms with Crippen molar-refractivity contribution in [1.82, 2.24) is 0 Å². The number of carboxylic acid groups (broad SMARTS) is 1. The summed E-state index contributed by atoms with van der Waals surface area (Å²) in [5.41, 5.74) is -0.874. The predicted octanol–water partition coefficient (Wildman–Crippen LogP) is 1.55. The van der Waals surface area contributed by atoms with Gasteiger partial charge < -0.3 is 10.2 Å².